The summed E-state index contributed by atoms with van der Waals surface area (Å²) in [7, 11) is 1.96. The molecule has 0 saturated heterocycles. The fourth-order valence-electron chi connectivity index (χ4n) is 2.13. The molecule has 1 heterocycles. The topological polar surface area (TPSA) is 67.1 Å². The van der Waals surface area contributed by atoms with Crippen LogP contribution in [0.2, 0.25) is 5.02 Å². The number of benzene rings is 1. The predicted octanol–water partition coefficient (Wildman–Crippen LogP) is 3.34. The predicted molar refractivity (Wildman–Crippen MR) is 88.9 cm³/mol. The van der Waals surface area contributed by atoms with Gasteiger partial charge in [0.05, 0.1) is 6.04 Å². The Morgan fingerprint density at radius 1 is 1.33 bits per heavy atom. The van der Waals surface area contributed by atoms with E-state index in [9.17, 15) is 0 Å². The van der Waals surface area contributed by atoms with Gasteiger partial charge in [-0.1, -0.05) is 29.8 Å². The minimum atomic E-state index is 0.0717. The second-order valence-corrected chi connectivity index (χ2v) is 5.22. The van der Waals surface area contributed by atoms with Crippen molar-refractivity contribution in [3.8, 4) is 0 Å². The van der Waals surface area contributed by atoms with E-state index in [0.29, 0.717) is 0 Å². The van der Waals surface area contributed by atoms with E-state index in [1.54, 1.807) is 0 Å². The van der Waals surface area contributed by atoms with E-state index < -0.39 is 0 Å². The minimum Gasteiger partial charge on any atom is -0.370 e. The lowest BCUT2D eigenvalue weighted by atomic mass is 10.1. The number of rotatable bonds is 5. The first kappa shape index (κ1) is 15.4. The molecule has 6 heteroatoms. The molecule has 112 valence electrons. The van der Waals surface area contributed by atoms with Crippen molar-refractivity contribution in [3.05, 3.63) is 40.9 Å². The summed E-state index contributed by atoms with van der Waals surface area (Å²) < 4.78 is 0. The van der Waals surface area contributed by atoms with Crippen LogP contribution in [0.15, 0.2) is 30.3 Å². The molecular weight excluding hydrogens is 286 g/mol. The molecule has 2 rings (SSSR count). The molecule has 2 aromatic rings. The molecule has 1 aromatic carbocycles. The van der Waals surface area contributed by atoms with Gasteiger partial charge < -0.3 is 16.0 Å². The summed E-state index contributed by atoms with van der Waals surface area (Å²) in [5, 5.41) is 3.89. The first-order valence-corrected chi connectivity index (χ1v) is 7.26. The van der Waals surface area contributed by atoms with Crippen molar-refractivity contribution < 1.29 is 0 Å². The molecule has 1 unspecified atom stereocenters. The number of nitrogen functional groups attached to an aromatic ring is 1. The van der Waals surface area contributed by atoms with E-state index in [-0.39, 0.29) is 12.0 Å². The van der Waals surface area contributed by atoms with Crippen LogP contribution in [0.25, 0.3) is 0 Å². The molecule has 3 N–H and O–H groups in total. The van der Waals surface area contributed by atoms with Crippen LogP contribution in [0.4, 0.5) is 17.6 Å². The van der Waals surface area contributed by atoms with Crippen LogP contribution < -0.4 is 16.0 Å². The van der Waals surface area contributed by atoms with E-state index in [0.717, 1.165) is 28.8 Å². The number of nitrogens with zero attached hydrogens (tertiary/aromatic N) is 3. The largest absolute Gasteiger partial charge is 0.370 e. The molecule has 0 fully saturated rings. The molecule has 0 bridgehead atoms. The lowest BCUT2D eigenvalue weighted by molar-refractivity contribution is 0.728. The second kappa shape index (κ2) is 6.63. The average Bonchev–Trinajstić information content (AvgIpc) is 2.46. The van der Waals surface area contributed by atoms with Gasteiger partial charge in [0.15, 0.2) is 0 Å². The molecule has 0 saturated carbocycles. The summed E-state index contributed by atoms with van der Waals surface area (Å²) in [5.41, 5.74) is 6.83. The lowest BCUT2D eigenvalue weighted by Gasteiger charge is -2.27. The van der Waals surface area contributed by atoms with E-state index in [1.165, 1.54) is 0 Å². The fraction of sp³-hybridized carbons (Fsp3) is 0.333. The fourth-order valence-corrected chi connectivity index (χ4v) is 2.42. The van der Waals surface area contributed by atoms with Gasteiger partial charge in [-0.15, -0.1) is 0 Å². The zero-order valence-electron chi connectivity index (χ0n) is 12.5. The van der Waals surface area contributed by atoms with Crippen LogP contribution in [-0.2, 0) is 0 Å². The van der Waals surface area contributed by atoms with Crippen molar-refractivity contribution in [3.63, 3.8) is 0 Å². The molecule has 0 aliphatic rings. The SMILES string of the molecule is CCNc1cc(N(C)C(C)c2ccccc2Cl)nc(N)n1. The molecule has 0 amide bonds. The summed E-state index contributed by atoms with van der Waals surface area (Å²) >= 11 is 6.27. The Hall–Kier alpha value is -2.01. The van der Waals surface area contributed by atoms with Gasteiger partial charge in [-0.05, 0) is 25.5 Å². The number of anilines is 3. The van der Waals surface area contributed by atoms with Crippen LogP contribution in [0.3, 0.4) is 0 Å². The Kier molecular flexibility index (Phi) is 4.85. The van der Waals surface area contributed by atoms with Crippen LogP contribution in [0.1, 0.15) is 25.5 Å². The number of halogens is 1. The number of nitrogens with two attached hydrogens (primary N) is 1. The highest BCUT2D eigenvalue weighted by Crippen LogP contribution is 2.29. The molecule has 0 aliphatic heterocycles. The minimum absolute atomic E-state index is 0.0717. The first-order chi connectivity index (χ1) is 10.0. The molecule has 1 aromatic heterocycles. The lowest BCUT2D eigenvalue weighted by Crippen LogP contribution is -2.23. The van der Waals surface area contributed by atoms with E-state index in [4.69, 9.17) is 17.3 Å². The third-order valence-electron chi connectivity index (χ3n) is 3.39. The van der Waals surface area contributed by atoms with Crippen LogP contribution in [0, 0.1) is 0 Å². The molecular formula is C15H20ClN5. The van der Waals surface area contributed by atoms with Crippen molar-refractivity contribution in [2.75, 3.05) is 29.5 Å². The highest BCUT2D eigenvalue weighted by molar-refractivity contribution is 6.31. The Labute approximate surface area is 130 Å². The van der Waals surface area contributed by atoms with Gasteiger partial charge in [0.1, 0.15) is 11.6 Å². The molecule has 0 aliphatic carbocycles. The van der Waals surface area contributed by atoms with Gasteiger partial charge in [-0.3, -0.25) is 0 Å². The number of hydrogen-bond acceptors (Lipinski definition) is 5. The molecule has 1 atom stereocenters. The van der Waals surface area contributed by atoms with Gasteiger partial charge in [0.2, 0.25) is 5.95 Å². The zero-order valence-corrected chi connectivity index (χ0v) is 13.2. The quantitative estimate of drug-likeness (QED) is 0.887. The smallest absolute Gasteiger partial charge is 0.223 e. The van der Waals surface area contributed by atoms with Gasteiger partial charge >= 0.3 is 0 Å². The van der Waals surface area contributed by atoms with E-state index >= 15 is 0 Å². The van der Waals surface area contributed by atoms with Crippen LogP contribution in [-0.4, -0.2) is 23.6 Å². The summed E-state index contributed by atoms with van der Waals surface area (Å²) in [6, 6.07) is 9.75. The van der Waals surface area contributed by atoms with Gasteiger partial charge in [0.25, 0.3) is 0 Å². The van der Waals surface area contributed by atoms with Crippen molar-refractivity contribution >= 4 is 29.2 Å². The number of nitrogens with one attached hydrogen (secondary N) is 1. The van der Waals surface area contributed by atoms with E-state index in [1.807, 2.05) is 49.2 Å². The Morgan fingerprint density at radius 3 is 2.71 bits per heavy atom. The van der Waals surface area contributed by atoms with Crippen LogP contribution in [0.5, 0.6) is 0 Å². The third-order valence-corrected chi connectivity index (χ3v) is 3.73. The van der Waals surface area contributed by atoms with Crippen molar-refractivity contribution in [2.24, 2.45) is 0 Å². The summed E-state index contributed by atoms with van der Waals surface area (Å²) in [5.74, 6) is 1.73. The monoisotopic (exact) mass is 305 g/mol. The van der Waals surface area contributed by atoms with Gasteiger partial charge in [0, 0.05) is 24.7 Å². The van der Waals surface area contributed by atoms with Gasteiger partial charge in [-0.2, -0.15) is 9.97 Å². The Bertz CT molecular complexity index is 617. The maximum atomic E-state index is 6.27. The summed E-state index contributed by atoms with van der Waals surface area (Å²) in [6.07, 6.45) is 0. The zero-order chi connectivity index (χ0) is 15.4. The normalized spacial score (nSPS) is 12.0. The molecule has 0 spiro atoms. The summed E-state index contributed by atoms with van der Waals surface area (Å²) in [6.45, 7) is 4.86. The molecule has 21 heavy (non-hydrogen) atoms. The molecule has 5 nitrogen and oxygen atoms in total. The van der Waals surface area contributed by atoms with Crippen molar-refractivity contribution in [1.82, 2.24) is 9.97 Å². The Balaban J connectivity index is 2.31. The average molecular weight is 306 g/mol. The van der Waals surface area contributed by atoms with Crippen molar-refractivity contribution in [2.45, 2.75) is 19.9 Å². The van der Waals surface area contributed by atoms with Crippen molar-refractivity contribution in [1.29, 1.82) is 0 Å². The van der Waals surface area contributed by atoms with Gasteiger partial charge in [-0.25, -0.2) is 0 Å². The van der Waals surface area contributed by atoms with Crippen LogP contribution >= 0.6 is 11.6 Å². The highest BCUT2D eigenvalue weighted by Gasteiger charge is 2.17. The first-order valence-electron chi connectivity index (χ1n) is 6.88. The Morgan fingerprint density at radius 2 is 2.05 bits per heavy atom. The second-order valence-electron chi connectivity index (χ2n) is 4.81. The highest BCUT2D eigenvalue weighted by atomic mass is 35.5. The summed E-state index contributed by atoms with van der Waals surface area (Å²) in [4.78, 5) is 10.5. The number of aromatic nitrogens is 2. The number of hydrogen-bond donors (Lipinski definition) is 2. The maximum absolute atomic E-state index is 6.27. The molecule has 0 radical (unpaired) electrons. The standard InChI is InChI=1S/C15H20ClN5/c1-4-18-13-9-14(20-15(17)19-13)21(3)10(2)11-7-5-6-8-12(11)16/h5-10H,4H2,1-3H3,(H3,17,18,19,20). The van der Waals surface area contributed by atoms with E-state index in [2.05, 4.69) is 22.2 Å². The maximum Gasteiger partial charge on any atom is 0.223 e. The third kappa shape index (κ3) is 3.55.